The summed E-state index contributed by atoms with van der Waals surface area (Å²) in [5.74, 6) is 1.46. The number of rotatable bonds is 5. The van der Waals surface area contributed by atoms with Gasteiger partial charge < -0.3 is 5.11 Å². The van der Waals surface area contributed by atoms with Crippen LogP contribution < -0.4 is 0 Å². The monoisotopic (exact) mass is 253 g/mol. The Labute approximate surface area is 111 Å². The van der Waals surface area contributed by atoms with Crippen molar-refractivity contribution < 1.29 is 9.90 Å². The molecule has 0 aromatic carbocycles. The van der Waals surface area contributed by atoms with E-state index in [0.29, 0.717) is 11.8 Å². The lowest BCUT2D eigenvalue weighted by molar-refractivity contribution is -0.126. The molecule has 3 heteroatoms. The van der Waals surface area contributed by atoms with Gasteiger partial charge in [-0.05, 0) is 38.1 Å². The van der Waals surface area contributed by atoms with Crippen molar-refractivity contribution in [1.29, 1.82) is 0 Å². The summed E-state index contributed by atoms with van der Waals surface area (Å²) < 4.78 is 0. The van der Waals surface area contributed by atoms with E-state index in [-0.39, 0.29) is 12.5 Å². The zero-order chi connectivity index (χ0) is 13.0. The molecule has 0 spiro atoms. The number of hydrogen-bond donors (Lipinski definition) is 1. The summed E-state index contributed by atoms with van der Waals surface area (Å²) in [6.45, 7) is 4.44. The normalized spacial score (nSPS) is 34.1. The fourth-order valence-electron chi connectivity index (χ4n) is 3.67. The minimum absolute atomic E-state index is 0.238. The van der Waals surface area contributed by atoms with Gasteiger partial charge in [0.1, 0.15) is 5.78 Å². The predicted octanol–water partition coefficient (Wildman–Crippen LogP) is 2.23. The van der Waals surface area contributed by atoms with Gasteiger partial charge >= 0.3 is 0 Å². The molecule has 1 aliphatic carbocycles. The summed E-state index contributed by atoms with van der Waals surface area (Å²) >= 11 is 0. The van der Waals surface area contributed by atoms with Crippen molar-refractivity contribution in [2.45, 2.75) is 57.9 Å². The Bertz CT molecular complexity index is 280. The first kappa shape index (κ1) is 14.0. The molecule has 3 atom stereocenters. The van der Waals surface area contributed by atoms with Crippen LogP contribution in [0.3, 0.4) is 0 Å². The summed E-state index contributed by atoms with van der Waals surface area (Å²) in [7, 11) is 0. The third-order valence-electron chi connectivity index (χ3n) is 4.73. The van der Waals surface area contributed by atoms with Crippen LogP contribution in [0.1, 0.15) is 51.9 Å². The maximum Gasteiger partial charge on any atom is 0.137 e. The molecule has 1 saturated heterocycles. The minimum Gasteiger partial charge on any atom is -0.395 e. The van der Waals surface area contributed by atoms with E-state index in [4.69, 9.17) is 0 Å². The van der Waals surface area contributed by atoms with Gasteiger partial charge in [0.15, 0.2) is 0 Å². The highest BCUT2D eigenvalue weighted by Crippen LogP contribution is 2.31. The molecule has 0 aromatic rings. The molecular weight excluding hydrogens is 226 g/mol. The van der Waals surface area contributed by atoms with Crippen molar-refractivity contribution in [3.8, 4) is 0 Å². The number of aliphatic hydroxyl groups excluding tert-OH is 1. The summed E-state index contributed by atoms with van der Waals surface area (Å²) in [6.07, 6.45) is 7.74. The Hall–Kier alpha value is -0.410. The highest BCUT2D eigenvalue weighted by atomic mass is 16.3. The second-order valence-electron chi connectivity index (χ2n) is 6.07. The molecule has 2 fully saturated rings. The highest BCUT2D eigenvalue weighted by Gasteiger charge is 2.32. The zero-order valence-corrected chi connectivity index (χ0v) is 11.6. The third-order valence-corrected chi connectivity index (χ3v) is 4.73. The number of aliphatic hydroxyl groups is 1. The zero-order valence-electron chi connectivity index (χ0n) is 11.6. The number of nitrogens with zero attached hydrogens (tertiary/aromatic N) is 1. The number of carbonyl (C=O) groups excluding carboxylic acids is 1. The Morgan fingerprint density at radius 3 is 2.94 bits per heavy atom. The van der Waals surface area contributed by atoms with Crippen LogP contribution in [0.4, 0.5) is 0 Å². The fraction of sp³-hybridized carbons (Fsp3) is 0.933. The number of likely N-dealkylation sites (tertiary alicyclic amines) is 1. The van der Waals surface area contributed by atoms with Crippen LogP contribution in [-0.2, 0) is 4.79 Å². The largest absolute Gasteiger partial charge is 0.395 e. The van der Waals surface area contributed by atoms with E-state index >= 15 is 0 Å². The second-order valence-corrected chi connectivity index (χ2v) is 6.07. The Morgan fingerprint density at radius 1 is 1.39 bits per heavy atom. The van der Waals surface area contributed by atoms with E-state index < -0.39 is 0 Å². The molecule has 2 aliphatic rings. The quantitative estimate of drug-likeness (QED) is 0.817. The highest BCUT2D eigenvalue weighted by molar-refractivity contribution is 5.82. The molecule has 0 radical (unpaired) electrons. The Kier molecular flexibility index (Phi) is 5.19. The van der Waals surface area contributed by atoms with Gasteiger partial charge in [0.2, 0.25) is 0 Å². The Morgan fingerprint density at radius 2 is 2.22 bits per heavy atom. The lowest BCUT2D eigenvalue weighted by atomic mass is 9.78. The van der Waals surface area contributed by atoms with Gasteiger partial charge in [-0.2, -0.15) is 0 Å². The van der Waals surface area contributed by atoms with Gasteiger partial charge in [0, 0.05) is 24.9 Å². The van der Waals surface area contributed by atoms with Crippen LogP contribution in [0.25, 0.3) is 0 Å². The molecule has 0 aromatic heterocycles. The number of ketones is 1. The Balaban J connectivity index is 1.88. The minimum atomic E-state index is 0.238. The van der Waals surface area contributed by atoms with Crippen molar-refractivity contribution in [3.63, 3.8) is 0 Å². The maximum atomic E-state index is 12.0. The van der Waals surface area contributed by atoms with E-state index in [9.17, 15) is 9.90 Å². The van der Waals surface area contributed by atoms with Crippen molar-refractivity contribution in [3.05, 3.63) is 0 Å². The molecular formula is C15H27NO2. The topological polar surface area (TPSA) is 40.5 Å². The molecule has 0 amide bonds. The average Bonchev–Trinajstić information content (AvgIpc) is 2.81. The van der Waals surface area contributed by atoms with E-state index in [1.54, 1.807) is 0 Å². The van der Waals surface area contributed by atoms with Crippen molar-refractivity contribution in [2.75, 3.05) is 19.7 Å². The molecule has 1 saturated carbocycles. The lowest BCUT2D eigenvalue weighted by Crippen LogP contribution is -2.40. The van der Waals surface area contributed by atoms with Gasteiger partial charge in [-0.25, -0.2) is 0 Å². The number of carbonyl (C=O) groups is 1. The van der Waals surface area contributed by atoms with Crippen LogP contribution in [0, 0.1) is 11.8 Å². The van der Waals surface area contributed by atoms with Crippen LogP contribution in [0.15, 0.2) is 0 Å². The van der Waals surface area contributed by atoms with Crippen LogP contribution in [0.5, 0.6) is 0 Å². The van der Waals surface area contributed by atoms with Gasteiger partial charge in [0.05, 0.1) is 6.61 Å². The fourth-order valence-corrected chi connectivity index (χ4v) is 3.67. The summed E-state index contributed by atoms with van der Waals surface area (Å²) in [4.78, 5) is 14.4. The first-order valence-corrected chi connectivity index (χ1v) is 7.62. The van der Waals surface area contributed by atoms with Crippen molar-refractivity contribution in [2.24, 2.45) is 11.8 Å². The first-order chi connectivity index (χ1) is 8.74. The van der Waals surface area contributed by atoms with Gasteiger partial charge in [-0.1, -0.05) is 19.8 Å². The summed E-state index contributed by atoms with van der Waals surface area (Å²) in [6, 6.07) is 0.310. The third kappa shape index (κ3) is 3.33. The van der Waals surface area contributed by atoms with Crippen molar-refractivity contribution >= 4 is 5.78 Å². The molecule has 3 unspecified atom stereocenters. The predicted molar refractivity (Wildman–Crippen MR) is 72.4 cm³/mol. The van der Waals surface area contributed by atoms with Crippen molar-refractivity contribution in [1.82, 2.24) is 4.90 Å². The van der Waals surface area contributed by atoms with Gasteiger partial charge in [-0.15, -0.1) is 0 Å². The average molecular weight is 253 g/mol. The number of Topliss-reactive ketones (excluding diaryl/α,β-unsaturated/α-hetero) is 1. The molecule has 1 heterocycles. The van der Waals surface area contributed by atoms with Crippen LogP contribution in [-0.4, -0.2) is 41.5 Å². The molecule has 3 nitrogen and oxygen atoms in total. The molecule has 2 rings (SSSR count). The molecule has 0 bridgehead atoms. The number of hydrogen-bond acceptors (Lipinski definition) is 3. The standard InChI is InChI=1S/C15H27NO2/c1-2-4-12-6-7-15(18)13(9-12)10-16-8-3-5-14(16)11-17/h12-14,17H,2-11H2,1H3. The SMILES string of the molecule is CCCC1CCC(=O)C(CN2CCCC2CO)C1. The van der Waals surface area contributed by atoms with Gasteiger partial charge in [0.25, 0.3) is 0 Å². The molecule has 1 N–H and O–H groups in total. The summed E-state index contributed by atoms with van der Waals surface area (Å²) in [5, 5.41) is 9.34. The molecule has 18 heavy (non-hydrogen) atoms. The van der Waals surface area contributed by atoms with Crippen LogP contribution >= 0.6 is 0 Å². The molecule has 104 valence electrons. The second kappa shape index (κ2) is 6.67. The van der Waals surface area contributed by atoms with E-state index in [2.05, 4.69) is 11.8 Å². The van der Waals surface area contributed by atoms with Crippen LogP contribution in [0.2, 0.25) is 0 Å². The maximum absolute atomic E-state index is 12.0. The van der Waals surface area contributed by atoms with E-state index in [0.717, 1.165) is 44.7 Å². The van der Waals surface area contributed by atoms with Gasteiger partial charge in [-0.3, -0.25) is 9.69 Å². The first-order valence-electron chi connectivity index (χ1n) is 7.62. The van der Waals surface area contributed by atoms with E-state index in [1.807, 2.05) is 0 Å². The smallest absolute Gasteiger partial charge is 0.137 e. The lowest BCUT2D eigenvalue weighted by Gasteiger charge is -2.32. The van der Waals surface area contributed by atoms with E-state index in [1.165, 1.54) is 19.3 Å². The molecule has 1 aliphatic heterocycles. The summed E-state index contributed by atoms with van der Waals surface area (Å²) in [5.41, 5.74) is 0.